The van der Waals surface area contributed by atoms with Gasteiger partial charge in [0.25, 0.3) is 0 Å². The van der Waals surface area contributed by atoms with Crippen LogP contribution in [0.3, 0.4) is 0 Å². The number of aromatic nitrogens is 1. The van der Waals surface area contributed by atoms with Gasteiger partial charge in [-0.05, 0) is 84.5 Å². The van der Waals surface area contributed by atoms with E-state index in [0.29, 0.717) is 0 Å². The van der Waals surface area contributed by atoms with Gasteiger partial charge in [-0.25, -0.2) is 0 Å². The summed E-state index contributed by atoms with van der Waals surface area (Å²) in [5, 5.41) is 5.14. The number of hydrogen-bond acceptors (Lipinski definition) is 1. The molecule has 0 radical (unpaired) electrons. The maximum Gasteiger partial charge on any atom is 0.0562 e. The fourth-order valence-electron chi connectivity index (χ4n) is 6.36. The second kappa shape index (κ2) is 7.84. The number of benzene rings is 6. The fraction of sp³-hybridized carbons (Fsp3) is 0.0556. The summed E-state index contributed by atoms with van der Waals surface area (Å²) in [6.45, 7) is 4.33. The molecule has 0 spiro atoms. The number of anilines is 3. The third kappa shape index (κ3) is 2.95. The van der Waals surface area contributed by atoms with Crippen molar-refractivity contribution in [2.45, 2.75) is 13.8 Å². The van der Waals surface area contributed by atoms with Gasteiger partial charge < -0.3 is 9.47 Å². The summed E-state index contributed by atoms with van der Waals surface area (Å²) in [5.74, 6) is 0. The Hall–Kier alpha value is -4.82. The highest BCUT2D eigenvalue weighted by Crippen LogP contribution is 2.52. The molecule has 0 bridgehead atoms. The Kier molecular flexibility index (Phi) is 4.39. The van der Waals surface area contributed by atoms with Crippen molar-refractivity contribution in [2.75, 3.05) is 4.90 Å². The Balaban J connectivity index is 1.55. The standard InChI is InChI=1S/C36H26N2/c1-23-9-5-13-26(19-23)37-32-17-4-3-15-28(32)30-21-31-29-16-7-11-25-12-8-18-33(36(25)29)38(35(31)22-34(30)37)27-14-6-10-24(2)20-27/h3-22H,1-2H3. The molecule has 180 valence electrons. The van der Waals surface area contributed by atoms with Gasteiger partial charge in [-0.15, -0.1) is 0 Å². The Morgan fingerprint density at radius 2 is 1.18 bits per heavy atom. The summed E-state index contributed by atoms with van der Waals surface area (Å²) in [6.07, 6.45) is 0. The Morgan fingerprint density at radius 1 is 0.474 bits per heavy atom. The molecule has 2 heterocycles. The highest BCUT2D eigenvalue weighted by Gasteiger charge is 2.28. The summed E-state index contributed by atoms with van der Waals surface area (Å²) >= 11 is 0. The molecule has 0 unspecified atom stereocenters. The third-order valence-electron chi connectivity index (χ3n) is 7.96. The van der Waals surface area contributed by atoms with Crippen molar-refractivity contribution in [2.24, 2.45) is 0 Å². The molecule has 0 N–H and O–H groups in total. The zero-order valence-electron chi connectivity index (χ0n) is 21.4. The molecule has 7 aromatic rings. The van der Waals surface area contributed by atoms with Gasteiger partial charge in [0, 0.05) is 33.1 Å². The van der Waals surface area contributed by atoms with Crippen molar-refractivity contribution in [3.05, 3.63) is 132 Å². The Labute approximate surface area is 222 Å². The third-order valence-corrected chi connectivity index (χ3v) is 7.96. The summed E-state index contributed by atoms with van der Waals surface area (Å²) in [5.41, 5.74) is 12.4. The molecule has 1 aliphatic heterocycles. The zero-order chi connectivity index (χ0) is 25.4. The minimum Gasteiger partial charge on any atom is -0.309 e. The normalized spacial score (nSPS) is 12.4. The number of rotatable bonds is 2. The first-order chi connectivity index (χ1) is 18.7. The van der Waals surface area contributed by atoms with Gasteiger partial charge in [0.1, 0.15) is 0 Å². The first kappa shape index (κ1) is 21.3. The molecule has 0 atom stereocenters. The van der Waals surface area contributed by atoms with Crippen LogP contribution in [0.4, 0.5) is 17.1 Å². The van der Waals surface area contributed by atoms with Crippen LogP contribution in [0.25, 0.3) is 49.4 Å². The molecular weight excluding hydrogens is 460 g/mol. The van der Waals surface area contributed by atoms with E-state index in [0.717, 1.165) is 0 Å². The molecule has 0 saturated heterocycles. The van der Waals surface area contributed by atoms with Gasteiger partial charge in [-0.1, -0.05) is 72.8 Å². The van der Waals surface area contributed by atoms with Crippen LogP contribution in [0.1, 0.15) is 11.1 Å². The van der Waals surface area contributed by atoms with Gasteiger partial charge in [0.2, 0.25) is 0 Å². The topological polar surface area (TPSA) is 8.17 Å². The predicted molar refractivity (Wildman–Crippen MR) is 161 cm³/mol. The lowest BCUT2D eigenvalue weighted by molar-refractivity contribution is 1.17. The minimum atomic E-state index is 1.19. The SMILES string of the molecule is Cc1cccc(N2c3cc4c(cc3-c3cccc5cccc2c35)c2ccccc2n4-c2cccc(C)c2)c1. The van der Waals surface area contributed by atoms with E-state index in [-0.39, 0.29) is 0 Å². The largest absolute Gasteiger partial charge is 0.309 e. The van der Waals surface area contributed by atoms with E-state index < -0.39 is 0 Å². The highest BCUT2D eigenvalue weighted by molar-refractivity contribution is 6.18. The molecular formula is C36H26N2. The van der Waals surface area contributed by atoms with Gasteiger partial charge in [0.05, 0.1) is 22.4 Å². The summed E-state index contributed by atoms with van der Waals surface area (Å²) in [7, 11) is 0. The van der Waals surface area contributed by atoms with E-state index in [1.54, 1.807) is 0 Å². The molecule has 2 nitrogen and oxygen atoms in total. The van der Waals surface area contributed by atoms with Crippen LogP contribution in [-0.2, 0) is 0 Å². The van der Waals surface area contributed by atoms with Crippen LogP contribution >= 0.6 is 0 Å². The van der Waals surface area contributed by atoms with E-state index in [9.17, 15) is 0 Å². The summed E-state index contributed by atoms with van der Waals surface area (Å²) < 4.78 is 2.42. The lowest BCUT2D eigenvalue weighted by atomic mass is 9.89. The number of hydrogen-bond donors (Lipinski definition) is 0. The van der Waals surface area contributed by atoms with E-state index >= 15 is 0 Å². The van der Waals surface area contributed by atoms with Crippen LogP contribution in [-0.4, -0.2) is 4.57 Å². The van der Waals surface area contributed by atoms with Crippen molar-refractivity contribution in [3.8, 4) is 16.8 Å². The van der Waals surface area contributed by atoms with Crippen LogP contribution in [0.5, 0.6) is 0 Å². The lowest BCUT2D eigenvalue weighted by Gasteiger charge is -2.34. The molecule has 0 saturated carbocycles. The molecule has 38 heavy (non-hydrogen) atoms. The van der Waals surface area contributed by atoms with E-state index in [1.807, 2.05) is 0 Å². The van der Waals surface area contributed by atoms with Crippen LogP contribution in [0.2, 0.25) is 0 Å². The highest BCUT2D eigenvalue weighted by atomic mass is 15.2. The average Bonchev–Trinajstić information content (AvgIpc) is 3.26. The molecule has 0 amide bonds. The molecule has 0 aliphatic carbocycles. The second-order valence-electron chi connectivity index (χ2n) is 10.4. The monoisotopic (exact) mass is 486 g/mol. The first-order valence-corrected chi connectivity index (χ1v) is 13.2. The Bertz CT molecular complexity index is 2060. The molecule has 1 aliphatic rings. The quantitative estimate of drug-likeness (QED) is 0.236. The molecule has 0 fully saturated rings. The summed E-state index contributed by atoms with van der Waals surface area (Å²) in [4.78, 5) is 2.45. The number of nitrogens with zero attached hydrogens (tertiary/aromatic N) is 2. The fourth-order valence-corrected chi connectivity index (χ4v) is 6.36. The lowest BCUT2D eigenvalue weighted by Crippen LogP contribution is -2.15. The van der Waals surface area contributed by atoms with E-state index in [1.165, 1.54) is 77.6 Å². The first-order valence-electron chi connectivity index (χ1n) is 13.2. The predicted octanol–water partition coefficient (Wildman–Crippen LogP) is 10.0. The van der Waals surface area contributed by atoms with Gasteiger partial charge in [0.15, 0.2) is 0 Å². The van der Waals surface area contributed by atoms with Crippen molar-refractivity contribution >= 4 is 49.6 Å². The van der Waals surface area contributed by atoms with Crippen LogP contribution < -0.4 is 4.90 Å². The van der Waals surface area contributed by atoms with Crippen LogP contribution in [0, 0.1) is 13.8 Å². The maximum absolute atomic E-state index is 2.45. The number of aryl methyl sites for hydroxylation is 2. The van der Waals surface area contributed by atoms with Crippen LogP contribution in [0.15, 0.2) is 121 Å². The van der Waals surface area contributed by atoms with Gasteiger partial charge in [-0.3, -0.25) is 0 Å². The van der Waals surface area contributed by atoms with Crippen molar-refractivity contribution in [1.29, 1.82) is 0 Å². The second-order valence-corrected chi connectivity index (χ2v) is 10.4. The van der Waals surface area contributed by atoms with Crippen molar-refractivity contribution in [3.63, 3.8) is 0 Å². The average molecular weight is 487 g/mol. The van der Waals surface area contributed by atoms with Gasteiger partial charge in [-0.2, -0.15) is 0 Å². The number of para-hydroxylation sites is 1. The van der Waals surface area contributed by atoms with E-state index in [4.69, 9.17) is 0 Å². The molecule has 1 aromatic heterocycles. The molecule has 8 rings (SSSR count). The Morgan fingerprint density at radius 3 is 2.00 bits per heavy atom. The van der Waals surface area contributed by atoms with Crippen molar-refractivity contribution in [1.82, 2.24) is 4.57 Å². The maximum atomic E-state index is 2.45. The molecule has 2 heteroatoms. The van der Waals surface area contributed by atoms with E-state index in [2.05, 4.69) is 145 Å². The minimum absolute atomic E-state index is 1.19. The van der Waals surface area contributed by atoms with Gasteiger partial charge >= 0.3 is 0 Å². The molecule has 6 aromatic carbocycles. The smallest absolute Gasteiger partial charge is 0.0562 e. The summed E-state index contributed by atoms with van der Waals surface area (Å²) in [6, 6.07) is 44.6. The zero-order valence-corrected chi connectivity index (χ0v) is 21.4. The number of fused-ring (bicyclic) bond motifs is 5. The van der Waals surface area contributed by atoms with Crippen molar-refractivity contribution < 1.29 is 0 Å².